The Kier molecular flexibility index (Phi) is 5.27. The van der Waals surface area contributed by atoms with Crippen LogP contribution in [-0.2, 0) is 28.7 Å². The Bertz CT molecular complexity index is 1180. The summed E-state index contributed by atoms with van der Waals surface area (Å²) in [5.41, 5.74) is -4.13. The smallest absolute Gasteiger partial charge is 0.335 e. The van der Waals surface area contributed by atoms with Crippen LogP contribution in [0.15, 0.2) is 34.7 Å². The minimum Gasteiger partial charge on any atom is -0.472 e. The van der Waals surface area contributed by atoms with Gasteiger partial charge in [0.25, 0.3) is 0 Å². The number of rotatable bonds is 3. The molecular weight excluding hydrogens is 468 g/mol. The number of methoxy groups -OCH3 is 1. The van der Waals surface area contributed by atoms with Crippen LogP contribution < -0.4 is 0 Å². The number of Topliss-reactive ketones (excluding diaryl/α,β-unsaturated/α-hetero) is 2. The second-order valence-corrected chi connectivity index (χ2v) is 11.8. The first-order valence-corrected chi connectivity index (χ1v) is 12.3. The van der Waals surface area contributed by atoms with E-state index in [2.05, 4.69) is 0 Å². The molecule has 0 radical (unpaired) electrons. The van der Waals surface area contributed by atoms with Gasteiger partial charge in [-0.2, -0.15) is 0 Å². The van der Waals surface area contributed by atoms with Crippen LogP contribution in [0.1, 0.15) is 58.6 Å². The van der Waals surface area contributed by atoms with Gasteiger partial charge in [-0.15, -0.1) is 0 Å². The van der Waals surface area contributed by atoms with Crippen molar-refractivity contribution in [3.05, 3.63) is 35.8 Å². The molecule has 0 amide bonds. The van der Waals surface area contributed by atoms with Crippen molar-refractivity contribution in [2.75, 3.05) is 7.11 Å². The number of ether oxygens (including phenoxy) is 2. The van der Waals surface area contributed by atoms with Gasteiger partial charge < -0.3 is 24.1 Å². The van der Waals surface area contributed by atoms with Crippen LogP contribution in [0.2, 0.25) is 0 Å². The number of carbonyl (C=O) groups excluding carboxylic acids is 4. The molecule has 0 saturated heterocycles. The maximum atomic E-state index is 13.9. The first-order chi connectivity index (χ1) is 16.7. The van der Waals surface area contributed by atoms with Gasteiger partial charge in [0.05, 0.1) is 31.2 Å². The van der Waals surface area contributed by atoms with Gasteiger partial charge >= 0.3 is 11.9 Å². The van der Waals surface area contributed by atoms with E-state index in [9.17, 15) is 29.4 Å². The van der Waals surface area contributed by atoms with Crippen molar-refractivity contribution in [2.45, 2.75) is 64.8 Å². The number of carbonyl (C=O) groups is 4. The third-order valence-electron chi connectivity index (χ3n) is 9.75. The molecule has 9 nitrogen and oxygen atoms in total. The summed E-state index contributed by atoms with van der Waals surface area (Å²) in [7, 11) is 1.13. The number of esters is 2. The summed E-state index contributed by atoms with van der Waals surface area (Å²) >= 11 is 0. The SMILES string of the molecule is COC(=O)[C@H](O)[C@H]1C(C)(C)C(=O)[C@@H]2C[C@]3(O)C4=CC(=O)O[C@@H](c5ccoc5)[C@]4(C)CC[C@@H]3[C@@]1(C)C2=O. The molecule has 2 heterocycles. The van der Waals surface area contributed by atoms with Crippen molar-refractivity contribution in [2.24, 2.45) is 34.0 Å². The maximum Gasteiger partial charge on any atom is 0.335 e. The van der Waals surface area contributed by atoms with Crippen molar-refractivity contribution < 1.29 is 43.3 Å². The lowest BCUT2D eigenvalue weighted by molar-refractivity contribution is -0.217. The first kappa shape index (κ1) is 24.9. The van der Waals surface area contributed by atoms with E-state index in [0.717, 1.165) is 7.11 Å². The van der Waals surface area contributed by atoms with Gasteiger partial charge in [-0.25, -0.2) is 9.59 Å². The number of hydrogen-bond donors (Lipinski definition) is 2. The molecule has 1 aromatic rings. The van der Waals surface area contributed by atoms with Gasteiger partial charge in [-0.1, -0.05) is 27.7 Å². The third-order valence-corrected chi connectivity index (χ3v) is 9.75. The third kappa shape index (κ3) is 2.90. The number of hydrogen-bond acceptors (Lipinski definition) is 9. The molecule has 3 saturated carbocycles. The average Bonchev–Trinajstić information content (AvgIpc) is 3.35. The fourth-order valence-electron chi connectivity index (χ4n) is 8.23. The van der Waals surface area contributed by atoms with Gasteiger partial charge in [0.2, 0.25) is 0 Å². The van der Waals surface area contributed by atoms with Crippen LogP contribution in [0.25, 0.3) is 0 Å². The maximum absolute atomic E-state index is 13.9. The molecule has 1 aliphatic heterocycles. The van der Waals surface area contributed by atoms with E-state index < -0.39 is 69.5 Å². The molecule has 5 rings (SSSR count). The van der Waals surface area contributed by atoms with Gasteiger partial charge in [0.15, 0.2) is 6.10 Å². The quantitative estimate of drug-likeness (QED) is 0.472. The molecule has 3 fully saturated rings. The van der Waals surface area contributed by atoms with Crippen molar-refractivity contribution in [1.29, 1.82) is 0 Å². The van der Waals surface area contributed by atoms with E-state index in [-0.39, 0.29) is 12.2 Å². The van der Waals surface area contributed by atoms with Crippen molar-refractivity contribution in [3.8, 4) is 0 Å². The zero-order valence-electron chi connectivity index (χ0n) is 21.1. The van der Waals surface area contributed by atoms with Crippen molar-refractivity contribution >= 4 is 23.5 Å². The highest BCUT2D eigenvalue weighted by molar-refractivity contribution is 6.11. The van der Waals surface area contributed by atoms with Crippen LogP contribution in [0.4, 0.5) is 0 Å². The molecule has 9 heteroatoms. The Morgan fingerprint density at radius 2 is 1.86 bits per heavy atom. The zero-order chi connectivity index (χ0) is 26.4. The average molecular weight is 501 g/mol. The van der Waals surface area contributed by atoms with Crippen LogP contribution in [0.5, 0.6) is 0 Å². The van der Waals surface area contributed by atoms with E-state index in [0.29, 0.717) is 24.0 Å². The fraction of sp³-hybridized carbons (Fsp3) is 0.630. The predicted molar refractivity (Wildman–Crippen MR) is 123 cm³/mol. The van der Waals surface area contributed by atoms with E-state index in [1.54, 1.807) is 26.8 Å². The highest BCUT2D eigenvalue weighted by Gasteiger charge is 2.75. The summed E-state index contributed by atoms with van der Waals surface area (Å²) in [5.74, 6) is -5.42. The number of cyclic esters (lactones) is 1. The Morgan fingerprint density at radius 3 is 2.47 bits per heavy atom. The Hall–Kier alpha value is -2.78. The summed E-state index contributed by atoms with van der Waals surface area (Å²) in [6.07, 6.45) is 2.44. The molecular formula is C27H32O9. The van der Waals surface area contributed by atoms with Crippen LogP contribution in [0.3, 0.4) is 0 Å². The van der Waals surface area contributed by atoms with Gasteiger partial charge in [0, 0.05) is 39.7 Å². The van der Waals surface area contributed by atoms with Gasteiger partial charge in [-0.3, -0.25) is 9.59 Å². The number of fused-ring (bicyclic) bond motifs is 6. The van der Waals surface area contributed by atoms with E-state index in [4.69, 9.17) is 13.9 Å². The Morgan fingerprint density at radius 1 is 1.17 bits per heavy atom. The molecule has 0 spiro atoms. The van der Waals surface area contributed by atoms with E-state index >= 15 is 0 Å². The van der Waals surface area contributed by atoms with Crippen LogP contribution in [0, 0.1) is 34.0 Å². The van der Waals surface area contributed by atoms with Gasteiger partial charge in [0.1, 0.15) is 17.7 Å². The lowest BCUT2D eigenvalue weighted by atomic mass is 9.37. The minimum atomic E-state index is -1.75. The first-order valence-electron chi connectivity index (χ1n) is 12.3. The van der Waals surface area contributed by atoms with Crippen molar-refractivity contribution in [3.63, 3.8) is 0 Å². The fourth-order valence-corrected chi connectivity index (χ4v) is 8.23. The molecule has 1 aromatic heterocycles. The molecule has 3 aliphatic carbocycles. The van der Waals surface area contributed by atoms with Gasteiger partial charge in [-0.05, 0) is 30.9 Å². The van der Waals surface area contributed by atoms with E-state index in [1.165, 1.54) is 18.6 Å². The zero-order valence-corrected chi connectivity index (χ0v) is 21.1. The number of furan rings is 1. The number of aliphatic hydroxyl groups excluding tert-OH is 1. The monoisotopic (exact) mass is 500 g/mol. The molecule has 2 N–H and O–H groups in total. The summed E-state index contributed by atoms with van der Waals surface area (Å²) in [5, 5.41) is 23.6. The van der Waals surface area contributed by atoms with E-state index in [1.807, 2.05) is 6.92 Å². The molecule has 2 bridgehead atoms. The summed E-state index contributed by atoms with van der Waals surface area (Å²) in [6, 6.07) is 1.71. The predicted octanol–water partition coefficient (Wildman–Crippen LogP) is 2.31. The standard InChI is InChI=1S/C27H32O9/c1-24(2)19(18(29)23(32)34-5)26(4)15-6-8-25(3)16(27(15,33)11-14(20(24)30)21(26)31)10-17(28)36-22(25)13-7-9-35-12-13/h7,9-10,12,14-15,18-19,22,29,33H,6,8,11H2,1-5H3/t14-,15+,18+,19-,22-,25+,26+,27+/m0/s1. The highest BCUT2D eigenvalue weighted by Crippen LogP contribution is 2.69. The Balaban J connectivity index is 1.69. The molecule has 8 atom stereocenters. The number of ketones is 2. The van der Waals surface area contributed by atoms with Crippen molar-refractivity contribution in [1.82, 2.24) is 0 Å². The minimum absolute atomic E-state index is 0.164. The molecule has 194 valence electrons. The summed E-state index contributed by atoms with van der Waals surface area (Å²) < 4.78 is 15.7. The lowest BCUT2D eigenvalue weighted by Crippen LogP contribution is -2.73. The number of aliphatic hydroxyl groups is 2. The normalized spacial score (nSPS) is 42.0. The van der Waals surface area contributed by atoms with Crippen LogP contribution >= 0.6 is 0 Å². The highest BCUT2D eigenvalue weighted by atomic mass is 16.5. The second-order valence-electron chi connectivity index (χ2n) is 11.8. The molecule has 0 unspecified atom stereocenters. The topological polar surface area (TPSA) is 140 Å². The summed E-state index contributed by atoms with van der Waals surface area (Å²) in [4.78, 5) is 52.9. The lowest BCUT2D eigenvalue weighted by Gasteiger charge is -2.66. The molecule has 4 aliphatic rings. The summed E-state index contributed by atoms with van der Waals surface area (Å²) in [6.45, 7) is 6.80. The molecule has 0 aromatic carbocycles. The largest absolute Gasteiger partial charge is 0.472 e. The second kappa shape index (κ2) is 7.61. The molecule has 36 heavy (non-hydrogen) atoms. The Labute approximate surface area is 208 Å². The van der Waals surface area contributed by atoms with Crippen LogP contribution in [-0.4, -0.2) is 52.5 Å².